The topological polar surface area (TPSA) is 252 Å². The maximum Gasteiger partial charge on any atom is 0.501 e. The lowest BCUT2D eigenvalue weighted by molar-refractivity contribution is -0.144. The van der Waals surface area contributed by atoms with E-state index in [9.17, 15) is 54.3 Å². The Morgan fingerprint density at radius 2 is 1.42 bits per heavy atom. The summed E-state index contributed by atoms with van der Waals surface area (Å²) in [5.41, 5.74) is 2.64. The Morgan fingerprint density at radius 1 is 0.783 bits per heavy atom. The average Bonchev–Trinajstić information content (AvgIpc) is 0.959. The summed E-state index contributed by atoms with van der Waals surface area (Å²) < 4.78 is 112. The summed E-state index contributed by atoms with van der Waals surface area (Å²) in [6.07, 6.45) is 2.57. The molecule has 4 heterocycles. The molecule has 1 aliphatic carbocycles. The van der Waals surface area contributed by atoms with Gasteiger partial charge in [0.25, 0.3) is 25.8 Å². The number of aliphatic hydroxyl groups excluding tert-OH is 1. The van der Waals surface area contributed by atoms with E-state index < -0.39 is 94.1 Å². The standard InChI is InChI=1S/C77H98ClF3N10O11S4/c1-52(54-13-15-56(16-14-54)70-53(2)82-51-104-70)83-73(95)67-45-62(92)49-91(67)74(96)71(75(3,4)5)85-69(93)29-41-101-43-44-102-42-40-88-34-32-87(33-35-88)31-28-60(50-103-63-11-9-8-10-12-63)84-66-26-25-64(46-68(66)105(97,98)77(79,80)81)106(99,100)86-72(94)57-19-23-61(24-20-57)90-38-36-89(37-39-90)48-58-47-76(6,7)30-27-65(58)55-17-21-59(78)22-18-55/h8-26,46,51-52,60,62,67,71,84,92H,27-45,47-50H2,1-7H3,(H,83,95)(H,85,93)(H,86,94). The number of sulfonamides is 1. The van der Waals surface area contributed by atoms with E-state index >= 15 is 0 Å². The second-order valence-corrected chi connectivity index (χ2v) is 35.6. The number of thioether (sulfide) groups is 1. The predicted molar refractivity (Wildman–Crippen MR) is 410 cm³/mol. The number of β-amino-alcohol motifs (C(OH)–C–C–N with tert-alkyl or cyclic N) is 1. The van der Waals surface area contributed by atoms with E-state index in [1.165, 1.54) is 45.5 Å². The van der Waals surface area contributed by atoms with Crippen LogP contribution in [0.2, 0.25) is 5.02 Å². The second kappa shape index (κ2) is 36.0. The third-order valence-electron chi connectivity index (χ3n) is 20.0. The molecule has 5 unspecified atom stereocenters. The first kappa shape index (κ1) is 81.6. The van der Waals surface area contributed by atoms with Crippen molar-refractivity contribution in [3.8, 4) is 10.4 Å². The van der Waals surface area contributed by atoms with Crippen LogP contribution >= 0.6 is 34.7 Å². The van der Waals surface area contributed by atoms with Gasteiger partial charge < -0.3 is 45.2 Å². The minimum absolute atomic E-state index is 0.0300. The molecule has 6 aromatic rings. The number of ether oxygens (including phenoxy) is 2. The van der Waals surface area contributed by atoms with E-state index in [0.717, 1.165) is 83.3 Å². The van der Waals surface area contributed by atoms with Crippen molar-refractivity contribution in [2.75, 3.05) is 121 Å². The number of sulfone groups is 1. The number of amides is 4. The van der Waals surface area contributed by atoms with Crippen molar-refractivity contribution in [2.45, 2.75) is 137 Å². The number of carbonyl (C=O) groups excluding carboxylic acids is 4. The Labute approximate surface area is 634 Å². The third-order valence-corrected chi connectivity index (χ3v) is 25.3. The molecule has 29 heteroatoms. The number of aliphatic hydroxyl groups is 1. The SMILES string of the molecule is Cc1ncsc1-c1ccc(C(C)NC(=O)C2CC(O)CN2C(=O)C(NC(=O)CCOCCOCCN2CCN(CCC(CSc3ccccc3)Nc3ccc(S(=O)(=O)NC(=O)c4ccc(N5CCN(CC6=C(c7ccc(Cl)cc7)CCC(C)(C)C6)CC5)cc4)cc3S(=O)(=O)C(F)(F)F)CC2)C(C)(C)C)cc1. The van der Waals surface area contributed by atoms with Crippen molar-refractivity contribution < 1.29 is 63.8 Å². The number of anilines is 2. The van der Waals surface area contributed by atoms with Gasteiger partial charge in [-0.1, -0.05) is 106 Å². The summed E-state index contributed by atoms with van der Waals surface area (Å²) in [6, 6.07) is 31.1. The highest BCUT2D eigenvalue weighted by Gasteiger charge is 2.49. The average molecular weight is 1560 g/mol. The van der Waals surface area contributed by atoms with Crippen LogP contribution in [0.25, 0.3) is 16.0 Å². The Balaban J connectivity index is 0.661. The molecule has 3 saturated heterocycles. The molecule has 5 atom stereocenters. The molecule has 574 valence electrons. The number of rotatable bonds is 31. The molecule has 5 aromatic carbocycles. The molecule has 106 heavy (non-hydrogen) atoms. The van der Waals surface area contributed by atoms with Gasteiger partial charge in [-0.3, -0.25) is 29.0 Å². The summed E-state index contributed by atoms with van der Waals surface area (Å²) in [7, 11) is -11.1. The van der Waals surface area contributed by atoms with E-state index in [1.807, 2.05) is 106 Å². The third kappa shape index (κ3) is 21.9. The lowest BCUT2D eigenvalue weighted by Gasteiger charge is -2.39. The lowest BCUT2D eigenvalue weighted by atomic mass is 9.73. The Bertz CT molecular complexity index is 4250. The number of piperazine rings is 2. The smallest absolute Gasteiger partial charge is 0.391 e. The first-order chi connectivity index (χ1) is 50.3. The number of aryl methyl sites for hydroxylation is 1. The largest absolute Gasteiger partial charge is 0.501 e. The number of likely N-dealkylation sites (tertiary alicyclic amines) is 1. The minimum atomic E-state index is -6.15. The van der Waals surface area contributed by atoms with E-state index in [1.54, 1.807) is 29.0 Å². The van der Waals surface area contributed by atoms with Crippen molar-refractivity contribution >= 4 is 95.1 Å². The fourth-order valence-corrected chi connectivity index (χ4v) is 17.8. The number of halogens is 4. The minimum Gasteiger partial charge on any atom is -0.391 e. The summed E-state index contributed by atoms with van der Waals surface area (Å²) >= 11 is 9.20. The number of nitrogens with zero attached hydrogens (tertiary/aromatic N) is 6. The zero-order chi connectivity index (χ0) is 76.1. The number of allylic oxidation sites excluding steroid dienone is 1. The van der Waals surface area contributed by atoms with Crippen molar-refractivity contribution in [2.24, 2.45) is 10.8 Å². The van der Waals surface area contributed by atoms with Gasteiger partial charge in [0.2, 0.25) is 17.7 Å². The molecule has 1 aromatic heterocycles. The van der Waals surface area contributed by atoms with Crippen LogP contribution in [0.3, 0.4) is 0 Å². The fraction of sp³-hybridized carbons (Fsp3) is 0.494. The van der Waals surface area contributed by atoms with Gasteiger partial charge in [-0.15, -0.1) is 23.1 Å². The van der Waals surface area contributed by atoms with Crippen molar-refractivity contribution in [3.05, 3.63) is 160 Å². The molecule has 10 rings (SSSR count). The number of hydrogen-bond donors (Lipinski definition) is 5. The highest BCUT2D eigenvalue weighted by molar-refractivity contribution is 7.99. The summed E-state index contributed by atoms with van der Waals surface area (Å²) in [4.78, 5) is 69.5. The number of hydrogen-bond acceptors (Lipinski definition) is 19. The molecule has 0 saturated carbocycles. The molecule has 0 radical (unpaired) electrons. The van der Waals surface area contributed by atoms with E-state index in [2.05, 4.69) is 66.5 Å². The molecule has 0 spiro atoms. The predicted octanol–water partition coefficient (Wildman–Crippen LogP) is 11.3. The summed E-state index contributed by atoms with van der Waals surface area (Å²) in [6.45, 7) is 22.5. The van der Waals surface area contributed by atoms with Crippen LogP contribution in [0.15, 0.2) is 147 Å². The van der Waals surface area contributed by atoms with E-state index in [-0.39, 0.29) is 56.2 Å². The molecule has 21 nitrogen and oxygen atoms in total. The quantitative estimate of drug-likeness (QED) is 0.0200. The maximum atomic E-state index is 14.6. The monoisotopic (exact) mass is 1560 g/mol. The summed E-state index contributed by atoms with van der Waals surface area (Å²) in [5.74, 6) is -2.03. The fourth-order valence-electron chi connectivity index (χ4n) is 13.8. The molecule has 4 aliphatic rings. The summed E-state index contributed by atoms with van der Waals surface area (Å²) in [5, 5.41) is 20.4. The van der Waals surface area contributed by atoms with Crippen molar-refractivity contribution in [3.63, 3.8) is 0 Å². The zero-order valence-corrected chi connectivity index (χ0v) is 65.2. The number of alkyl halides is 3. The molecule has 3 aliphatic heterocycles. The van der Waals surface area contributed by atoms with Crippen LogP contribution in [-0.4, -0.2) is 211 Å². The highest BCUT2D eigenvalue weighted by Crippen LogP contribution is 2.44. The first-order valence-electron chi connectivity index (χ1n) is 36.0. The van der Waals surface area contributed by atoms with Gasteiger partial charge >= 0.3 is 5.51 Å². The van der Waals surface area contributed by atoms with Gasteiger partial charge in [0.05, 0.1) is 65.2 Å². The number of nitrogens with one attached hydrogen (secondary N) is 4. The molecular weight excluding hydrogens is 1460 g/mol. The van der Waals surface area contributed by atoms with Crippen molar-refractivity contribution in [1.29, 1.82) is 0 Å². The van der Waals surface area contributed by atoms with E-state index in [0.29, 0.717) is 82.2 Å². The van der Waals surface area contributed by atoms with Gasteiger partial charge in [-0.25, -0.2) is 26.5 Å². The molecule has 5 N–H and O–H groups in total. The molecule has 3 fully saturated rings. The van der Waals surface area contributed by atoms with Gasteiger partial charge in [-0.2, -0.15) is 13.2 Å². The maximum absolute atomic E-state index is 14.6. The van der Waals surface area contributed by atoms with Crippen LogP contribution in [-0.2, 0) is 43.7 Å². The molecule has 4 amide bonds. The first-order valence-corrected chi connectivity index (χ1v) is 41.2. The van der Waals surface area contributed by atoms with Crippen LogP contribution in [0.5, 0.6) is 0 Å². The number of aromatic nitrogens is 1. The molecular formula is C77H98ClF3N10O11S4. The number of thiazole rings is 1. The van der Waals surface area contributed by atoms with Gasteiger partial charge in [0.15, 0.2) is 0 Å². The van der Waals surface area contributed by atoms with E-state index in [4.69, 9.17) is 21.1 Å². The highest BCUT2D eigenvalue weighted by atomic mass is 35.5. The van der Waals surface area contributed by atoms with Crippen LogP contribution in [0.4, 0.5) is 24.5 Å². The lowest BCUT2D eigenvalue weighted by Crippen LogP contribution is -2.58. The van der Waals surface area contributed by atoms with Crippen LogP contribution in [0.1, 0.15) is 113 Å². The number of carbonyl (C=O) groups is 4. The Hall–Kier alpha value is -6.96. The Morgan fingerprint density at radius 3 is 2.07 bits per heavy atom. The Kier molecular flexibility index (Phi) is 27.7. The second-order valence-electron chi connectivity index (χ2n) is 29.6. The van der Waals surface area contributed by atoms with Gasteiger partial charge in [-0.05, 0) is 139 Å². The number of benzene rings is 5. The van der Waals surface area contributed by atoms with Crippen LogP contribution < -0.4 is 25.6 Å². The normalized spacial score (nSPS) is 18.8. The van der Waals surface area contributed by atoms with Crippen molar-refractivity contribution in [1.82, 2.24) is 39.9 Å². The van der Waals surface area contributed by atoms with Gasteiger partial charge in [0, 0.05) is 124 Å². The zero-order valence-electron chi connectivity index (χ0n) is 61.1. The molecule has 0 bridgehead atoms. The van der Waals surface area contributed by atoms with Crippen LogP contribution in [0, 0.1) is 17.8 Å². The van der Waals surface area contributed by atoms with Gasteiger partial charge in [0.1, 0.15) is 17.0 Å².